The molecule has 0 radical (unpaired) electrons. The highest BCUT2D eigenvalue weighted by Gasteiger charge is 2.28. The molecule has 0 saturated heterocycles. The zero-order valence-corrected chi connectivity index (χ0v) is 47.8. The van der Waals surface area contributed by atoms with Crippen LogP contribution < -0.4 is 0 Å². The van der Waals surface area contributed by atoms with E-state index in [0.717, 1.165) is 83.5 Å². The van der Waals surface area contributed by atoms with Crippen molar-refractivity contribution < 1.29 is 52.2 Å². The quantitative estimate of drug-likeness (QED) is 0.0197. The zero-order chi connectivity index (χ0) is 52.7. The Balaban J connectivity index is 4.65. The topological polar surface area (TPSA) is 155 Å². The standard InChI is InChI=1S/C60H113O11P/c1-4-7-10-13-16-19-22-25-26-27-28-29-30-33-36-39-42-45-48-51-60(64)71-57(53-67-58(62)49-46-43-40-37-34-31-23-20-17-14-11-8-5-2)55-69-72(65,66)68-54-56(52-61)70-59(63)50-47-44-41-38-35-32-24-21-18-15-12-9-6-3/h12,15,21,24,56-57,61H,4-11,13-14,16-20,22-23,25-55H2,1-3H3,(H,65,66)/b15-12-,24-21-. The minimum atomic E-state index is -4.74. The summed E-state index contributed by atoms with van der Waals surface area (Å²) in [7, 11) is -4.74. The summed E-state index contributed by atoms with van der Waals surface area (Å²) >= 11 is 0. The van der Waals surface area contributed by atoms with Gasteiger partial charge in [-0.15, -0.1) is 0 Å². The van der Waals surface area contributed by atoms with Gasteiger partial charge >= 0.3 is 25.7 Å². The third-order valence-corrected chi connectivity index (χ3v) is 14.3. The molecule has 0 rings (SSSR count). The number of hydrogen-bond acceptors (Lipinski definition) is 10. The van der Waals surface area contributed by atoms with Crippen LogP contribution in [0, 0.1) is 0 Å². The molecule has 3 unspecified atom stereocenters. The normalized spacial score (nSPS) is 13.5. The van der Waals surface area contributed by atoms with Gasteiger partial charge in [0, 0.05) is 19.3 Å². The van der Waals surface area contributed by atoms with Gasteiger partial charge in [-0.2, -0.15) is 0 Å². The third kappa shape index (κ3) is 52.8. The van der Waals surface area contributed by atoms with Crippen molar-refractivity contribution in [3.8, 4) is 0 Å². The maximum absolute atomic E-state index is 12.9. The summed E-state index contributed by atoms with van der Waals surface area (Å²) in [6, 6.07) is 0. The van der Waals surface area contributed by atoms with Crippen LogP contribution in [0.2, 0.25) is 0 Å². The summed E-state index contributed by atoms with van der Waals surface area (Å²) < 4.78 is 39.6. The van der Waals surface area contributed by atoms with Crippen molar-refractivity contribution in [2.45, 2.75) is 315 Å². The Morgan fingerprint density at radius 3 is 1.08 bits per heavy atom. The van der Waals surface area contributed by atoms with E-state index in [-0.39, 0.29) is 25.9 Å². The van der Waals surface area contributed by atoms with E-state index in [2.05, 4.69) is 45.1 Å². The average molecular weight is 1040 g/mol. The first-order valence-electron chi connectivity index (χ1n) is 30.2. The Kier molecular flexibility index (Phi) is 53.6. The minimum Gasteiger partial charge on any atom is -0.462 e. The molecule has 0 aliphatic rings. The number of hydrogen-bond donors (Lipinski definition) is 2. The fourth-order valence-corrected chi connectivity index (χ4v) is 9.53. The van der Waals surface area contributed by atoms with Gasteiger partial charge in [0.1, 0.15) is 12.7 Å². The molecule has 11 nitrogen and oxygen atoms in total. The van der Waals surface area contributed by atoms with E-state index in [1.54, 1.807) is 0 Å². The number of carbonyl (C=O) groups excluding carboxylic acids is 3. The molecule has 2 N–H and O–H groups in total. The number of esters is 3. The van der Waals surface area contributed by atoms with Gasteiger partial charge in [0.05, 0.1) is 19.8 Å². The molecule has 0 bridgehead atoms. The second kappa shape index (κ2) is 55.2. The second-order valence-corrected chi connectivity index (χ2v) is 22.0. The molecule has 0 aromatic carbocycles. The number of aliphatic hydroxyl groups excluding tert-OH is 1. The summed E-state index contributed by atoms with van der Waals surface area (Å²) in [4.78, 5) is 48.5. The molecule has 0 aliphatic heterocycles. The summed E-state index contributed by atoms with van der Waals surface area (Å²) in [5, 5.41) is 9.81. The SMILES string of the molecule is CCC/C=C\C/C=C\CCCCCCCC(=O)OC(CO)COP(=O)(O)OCC(COC(=O)CCCCCCCCCCCCCCC)OC(=O)CCCCCCCCCCCCCCCCCCCCC. The molecule has 12 heteroatoms. The van der Waals surface area contributed by atoms with Crippen LogP contribution in [-0.2, 0) is 42.2 Å². The zero-order valence-electron chi connectivity index (χ0n) is 46.9. The molecule has 0 aromatic heterocycles. The number of aliphatic hydroxyl groups is 1. The fraction of sp³-hybridized carbons (Fsp3) is 0.883. The molecule has 0 heterocycles. The smallest absolute Gasteiger partial charge is 0.462 e. The first-order valence-corrected chi connectivity index (χ1v) is 31.7. The Morgan fingerprint density at radius 2 is 0.708 bits per heavy atom. The Bertz CT molecular complexity index is 1310. The molecule has 0 saturated carbocycles. The highest BCUT2D eigenvalue weighted by molar-refractivity contribution is 7.47. The summed E-state index contributed by atoms with van der Waals surface area (Å²) in [6.07, 6.45) is 55.6. The number of phosphoric acid groups is 1. The van der Waals surface area contributed by atoms with Crippen LogP contribution in [0.4, 0.5) is 0 Å². The largest absolute Gasteiger partial charge is 0.472 e. The third-order valence-electron chi connectivity index (χ3n) is 13.4. The number of phosphoric ester groups is 1. The Hall–Kier alpha value is -2.04. The lowest BCUT2D eigenvalue weighted by Crippen LogP contribution is -2.30. The van der Waals surface area contributed by atoms with Crippen LogP contribution >= 0.6 is 7.82 Å². The van der Waals surface area contributed by atoms with Crippen molar-refractivity contribution in [1.29, 1.82) is 0 Å². The summed E-state index contributed by atoms with van der Waals surface area (Å²) in [5.41, 5.74) is 0. The first kappa shape index (κ1) is 70.0. The van der Waals surface area contributed by atoms with Gasteiger partial charge in [0.2, 0.25) is 0 Å². The minimum absolute atomic E-state index is 0.165. The lowest BCUT2D eigenvalue weighted by Gasteiger charge is -2.21. The maximum Gasteiger partial charge on any atom is 0.472 e. The van der Waals surface area contributed by atoms with E-state index in [0.29, 0.717) is 19.3 Å². The van der Waals surface area contributed by atoms with Crippen molar-refractivity contribution in [1.82, 2.24) is 0 Å². The Labute approximate surface area is 442 Å². The lowest BCUT2D eigenvalue weighted by molar-refractivity contribution is -0.161. The van der Waals surface area contributed by atoms with Gasteiger partial charge in [-0.1, -0.05) is 263 Å². The van der Waals surface area contributed by atoms with Crippen molar-refractivity contribution in [3.63, 3.8) is 0 Å². The second-order valence-electron chi connectivity index (χ2n) is 20.5. The maximum atomic E-state index is 12.9. The van der Waals surface area contributed by atoms with E-state index in [4.69, 9.17) is 23.3 Å². The van der Waals surface area contributed by atoms with Crippen LogP contribution in [0.25, 0.3) is 0 Å². The highest BCUT2D eigenvalue weighted by atomic mass is 31.2. The number of allylic oxidation sites excluding steroid dienone is 4. The molecular weight excluding hydrogens is 928 g/mol. The molecule has 0 spiro atoms. The van der Waals surface area contributed by atoms with Crippen molar-refractivity contribution >= 4 is 25.7 Å². The van der Waals surface area contributed by atoms with Crippen molar-refractivity contribution in [2.75, 3.05) is 26.4 Å². The van der Waals surface area contributed by atoms with Crippen LogP contribution in [0.3, 0.4) is 0 Å². The van der Waals surface area contributed by atoms with Crippen LogP contribution in [-0.4, -0.2) is 66.5 Å². The predicted molar refractivity (Wildman–Crippen MR) is 298 cm³/mol. The molecule has 0 aliphatic carbocycles. The monoisotopic (exact) mass is 1040 g/mol. The van der Waals surface area contributed by atoms with Gasteiger partial charge < -0.3 is 24.2 Å². The molecule has 0 fully saturated rings. The van der Waals surface area contributed by atoms with E-state index in [1.165, 1.54) is 161 Å². The fourth-order valence-electron chi connectivity index (χ4n) is 8.75. The van der Waals surface area contributed by atoms with Crippen LogP contribution in [0.5, 0.6) is 0 Å². The van der Waals surface area contributed by atoms with Crippen LogP contribution in [0.15, 0.2) is 24.3 Å². The van der Waals surface area contributed by atoms with Gasteiger partial charge in [0.25, 0.3) is 0 Å². The molecular formula is C60H113O11P. The predicted octanol–water partition coefficient (Wildman–Crippen LogP) is 17.8. The highest BCUT2D eigenvalue weighted by Crippen LogP contribution is 2.43. The Morgan fingerprint density at radius 1 is 0.389 bits per heavy atom. The number of unbranched alkanes of at least 4 members (excludes halogenated alkanes) is 36. The molecule has 0 aromatic rings. The average Bonchev–Trinajstić information content (AvgIpc) is 3.37. The van der Waals surface area contributed by atoms with E-state index >= 15 is 0 Å². The molecule has 0 amide bonds. The van der Waals surface area contributed by atoms with Crippen molar-refractivity contribution in [3.05, 3.63) is 24.3 Å². The lowest BCUT2D eigenvalue weighted by atomic mass is 10.0. The van der Waals surface area contributed by atoms with E-state index in [1.807, 2.05) is 0 Å². The van der Waals surface area contributed by atoms with Crippen LogP contribution in [0.1, 0.15) is 303 Å². The van der Waals surface area contributed by atoms with Gasteiger partial charge in [-0.25, -0.2) is 4.57 Å². The molecule has 3 atom stereocenters. The van der Waals surface area contributed by atoms with E-state index < -0.39 is 57.8 Å². The summed E-state index contributed by atoms with van der Waals surface area (Å²) in [5.74, 6) is -1.45. The number of rotatable bonds is 57. The first-order chi connectivity index (χ1) is 35.2. The van der Waals surface area contributed by atoms with Gasteiger partial charge in [-0.3, -0.25) is 23.4 Å². The summed E-state index contributed by atoms with van der Waals surface area (Å²) in [6.45, 7) is 4.62. The number of carbonyl (C=O) groups is 3. The molecule has 424 valence electrons. The van der Waals surface area contributed by atoms with E-state index in [9.17, 15) is 28.9 Å². The van der Waals surface area contributed by atoms with Gasteiger partial charge in [-0.05, 0) is 44.9 Å². The molecule has 72 heavy (non-hydrogen) atoms. The van der Waals surface area contributed by atoms with Crippen molar-refractivity contribution in [2.24, 2.45) is 0 Å². The van der Waals surface area contributed by atoms with Gasteiger partial charge in [0.15, 0.2) is 6.10 Å². The number of ether oxygens (including phenoxy) is 3.